The van der Waals surface area contributed by atoms with Crippen molar-refractivity contribution in [2.75, 3.05) is 66.0 Å². The lowest BCUT2D eigenvalue weighted by molar-refractivity contribution is -0.884. The van der Waals surface area contributed by atoms with E-state index in [1.807, 2.05) is 58.3 Å². The molecule has 2 heterocycles. The lowest BCUT2D eigenvalue weighted by Gasteiger charge is -2.30. The maximum Gasteiger partial charge on any atom is 0.308 e. The largest absolute Gasteiger partial charge is 0.493 e. The van der Waals surface area contributed by atoms with Gasteiger partial charge in [-0.25, -0.2) is 0 Å². The van der Waals surface area contributed by atoms with Crippen molar-refractivity contribution in [3.8, 4) is 17.2 Å². The number of para-hydroxylation sites is 2. The quantitative estimate of drug-likeness (QED) is 0.245. The summed E-state index contributed by atoms with van der Waals surface area (Å²) < 4.78 is 18.2. The lowest BCUT2D eigenvalue weighted by atomic mass is 9.84. The monoisotopic (exact) mass is 630 g/mol. The van der Waals surface area contributed by atoms with Crippen molar-refractivity contribution in [2.24, 2.45) is 5.92 Å². The molecule has 3 aromatic rings. The van der Waals surface area contributed by atoms with Crippen molar-refractivity contribution < 1.29 is 33.4 Å². The van der Waals surface area contributed by atoms with Gasteiger partial charge in [0, 0.05) is 36.7 Å². The summed E-state index contributed by atoms with van der Waals surface area (Å²) in [5.41, 5.74) is 4.08. The number of hydrogen-bond donors (Lipinski definition) is 1. The normalized spacial score (nSPS) is 19.4. The summed E-state index contributed by atoms with van der Waals surface area (Å²) in [6, 6.07) is 21.0. The van der Waals surface area contributed by atoms with Crippen LogP contribution in [0, 0.1) is 5.92 Å². The van der Waals surface area contributed by atoms with Crippen LogP contribution in [0.5, 0.6) is 17.2 Å². The van der Waals surface area contributed by atoms with E-state index >= 15 is 0 Å². The first-order valence-electron chi connectivity index (χ1n) is 16.3. The fraction of sp³-hybridized carbons (Fsp3) is 0.459. The summed E-state index contributed by atoms with van der Waals surface area (Å²) in [6.45, 7) is 4.78. The van der Waals surface area contributed by atoms with E-state index in [1.165, 1.54) is 0 Å². The minimum atomic E-state index is -0.902. The molecule has 0 bridgehead atoms. The van der Waals surface area contributed by atoms with Gasteiger partial charge in [-0.15, -0.1) is 0 Å². The van der Waals surface area contributed by atoms with Crippen LogP contribution in [0.1, 0.15) is 42.4 Å². The first kappa shape index (κ1) is 33.3. The van der Waals surface area contributed by atoms with Gasteiger partial charge in [-0.05, 0) is 47.9 Å². The van der Waals surface area contributed by atoms with Crippen LogP contribution in [-0.4, -0.2) is 93.5 Å². The maximum absolute atomic E-state index is 14.3. The molecule has 0 aliphatic carbocycles. The van der Waals surface area contributed by atoms with E-state index in [0.717, 1.165) is 58.4 Å². The van der Waals surface area contributed by atoms with Gasteiger partial charge < -0.3 is 28.7 Å². The molecule has 0 aromatic heterocycles. The first-order valence-corrected chi connectivity index (χ1v) is 16.3. The summed E-state index contributed by atoms with van der Waals surface area (Å²) in [5, 5.41) is 10.7. The van der Waals surface area contributed by atoms with Gasteiger partial charge in [-0.3, -0.25) is 14.5 Å². The van der Waals surface area contributed by atoms with Gasteiger partial charge in [-0.1, -0.05) is 49.7 Å². The Morgan fingerprint density at radius 2 is 1.83 bits per heavy atom. The Balaban J connectivity index is 1.45. The van der Waals surface area contributed by atoms with Crippen molar-refractivity contribution >= 4 is 17.6 Å². The Morgan fingerprint density at radius 3 is 2.54 bits per heavy atom. The summed E-state index contributed by atoms with van der Waals surface area (Å²) in [6.07, 6.45) is 2.62. The molecule has 46 heavy (non-hydrogen) atoms. The molecule has 2 aliphatic rings. The number of carbonyl (C=O) groups is 2. The molecule has 9 nitrogen and oxygen atoms in total. The number of ether oxygens (including phenoxy) is 3. The number of likely N-dealkylation sites (tertiary alicyclic amines) is 1. The van der Waals surface area contributed by atoms with E-state index in [4.69, 9.17) is 14.2 Å². The predicted octanol–water partition coefficient (Wildman–Crippen LogP) is 5.22. The summed E-state index contributed by atoms with van der Waals surface area (Å²) >= 11 is 0. The number of aliphatic carboxylic acids is 1. The third-order valence-corrected chi connectivity index (χ3v) is 8.91. The second kappa shape index (κ2) is 14.6. The van der Waals surface area contributed by atoms with Gasteiger partial charge >= 0.3 is 5.97 Å². The Kier molecular flexibility index (Phi) is 10.5. The number of carboxylic acids is 1. The van der Waals surface area contributed by atoms with E-state index in [2.05, 4.69) is 46.3 Å². The Morgan fingerprint density at radius 1 is 1.04 bits per heavy atom. The van der Waals surface area contributed by atoms with Gasteiger partial charge in [-0.2, -0.15) is 0 Å². The van der Waals surface area contributed by atoms with Crippen LogP contribution in [0.25, 0.3) is 0 Å². The van der Waals surface area contributed by atoms with Crippen molar-refractivity contribution in [2.45, 2.75) is 44.7 Å². The van der Waals surface area contributed by atoms with Crippen LogP contribution < -0.4 is 19.1 Å². The highest BCUT2D eigenvalue weighted by Crippen LogP contribution is 2.41. The molecule has 0 spiro atoms. The molecule has 9 heteroatoms. The zero-order chi connectivity index (χ0) is 32.8. The van der Waals surface area contributed by atoms with Crippen LogP contribution in [0.4, 0.5) is 5.69 Å². The van der Waals surface area contributed by atoms with E-state index in [1.54, 1.807) is 7.11 Å². The number of nitrogens with zero attached hydrogens (tertiary/aromatic N) is 3. The number of methoxy groups -OCH3 is 1. The van der Waals surface area contributed by atoms with Crippen LogP contribution in [-0.2, 0) is 22.6 Å². The number of fused-ring (bicyclic) bond motifs is 1. The number of carbonyl (C=O) groups excluding carboxylic acids is 1. The van der Waals surface area contributed by atoms with Crippen molar-refractivity contribution in [3.63, 3.8) is 0 Å². The van der Waals surface area contributed by atoms with Crippen molar-refractivity contribution in [1.82, 2.24) is 4.90 Å². The zero-order valence-corrected chi connectivity index (χ0v) is 27.8. The number of hydrogen-bond acceptors (Lipinski definition) is 6. The average molecular weight is 631 g/mol. The number of rotatable bonds is 14. The fourth-order valence-electron chi connectivity index (χ4n) is 6.73. The second-order valence-electron chi connectivity index (χ2n) is 13.4. The minimum Gasteiger partial charge on any atom is -0.493 e. The van der Waals surface area contributed by atoms with Gasteiger partial charge in [0.05, 0.1) is 53.4 Å². The van der Waals surface area contributed by atoms with E-state index in [-0.39, 0.29) is 25.0 Å². The number of unbranched alkanes of at least 4 members (excludes halogenated alkanes) is 1. The Hall–Kier alpha value is -4.08. The third kappa shape index (κ3) is 7.82. The maximum atomic E-state index is 14.3. The third-order valence-electron chi connectivity index (χ3n) is 8.91. The van der Waals surface area contributed by atoms with E-state index in [9.17, 15) is 14.7 Å². The molecule has 1 amide bonds. The SMILES string of the molecule is CCCCN(C(=O)CN1CC(c2ccc3c(c2)CCO3)C(C(=O)O)C1COc1ccccc1OC)c1cccc(C[N+](C)(C)C)c1. The lowest BCUT2D eigenvalue weighted by Crippen LogP contribution is -2.46. The van der Waals surface area contributed by atoms with Crippen LogP contribution >= 0.6 is 0 Å². The highest BCUT2D eigenvalue weighted by molar-refractivity contribution is 5.95. The molecule has 3 atom stereocenters. The van der Waals surface area contributed by atoms with Crippen LogP contribution in [0.3, 0.4) is 0 Å². The average Bonchev–Trinajstić information content (AvgIpc) is 3.64. The molecule has 0 radical (unpaired) electrons. The van der Waals surface area contributed by atoms with E-state index in [0.29, 0.717) is 31.2 Å². The standard InChI is InChI=1S/C37H47N3O6/c1-6-7-18-39(29-12-10-11-26(20-29)24-40(2,3)4)35(41)23-38-22-30(27-15-16-32-28(21-27)17-19-45-32)36(37(42)43)31(38)25-46-34-14-9-8-13-33(34)44-5/h8-16,20-21,30-31,36H,6-7,17-19,22-25H2,1-5H3/p+1. The van der Waals surface area contributed by atoms with Gasteiger partial charge in [0.25, 0.3) is 0 Å². The van der Waals surface area contributed by atoms with Crippen LogP contribution in [0.2, 0.25) is 0 Å². The molecular formula is C37H48N3O6+. The molecule has 0 saturated carbocycles. The number of quaternary nitrogens is 1. The zero-order valence-electron chi connectivity index (χ0n) is 27.8. The number of anilines is 1. The van der Waals surface area contributed by atoms with Gasteiger partial charge in [0.1, 0.15) is 18.9 Å². The number of benzene rings is 3. The summed E-state index contributed by atoms with van der Waals surface area (Å²) in [5.74, 6) is -0.0802. The molecule has 3 aromatic carbocycles. The van der Waals surface area contributed by atoms with Gasteiger partial charge in [0.2, 0.25) is 5.91 Å². The molecule has 1 saturated heterocycles. The summed E-state index contributed by atoms with van der Waals surface area (Å²) in [7, 11) is 8.03. The molecule has 1 fully saturated rings. The molecule has 2 aliphatic heterocycles. The summed E-state index contributed by atoms with van der Waals surface area (Å²) in [4.78, 5) is 31.2. The molecular weight excluding hydrogens is 582 g/mol. The molecule has 3 unspecified atom stereocenters. The number of carboxylic acid groups (broad SMARTS) is 1. The highest BCUT2D eigenvalue weighted by atomic mass is 16.5. The fourth-order valence-corrected chi connectivity index (χ4v) is 6.73. The smallest absolute Gasteiger partial charge is 0.308 e. The molecule has 1 N–H and O–H groups in total. The van der Waals surface area contributed by atoms with Crippen LogP contribution in [0.15, 0.2) is 66.7 Å². The first-order chi connectivity index (χ1) is 22.1. The topological polar surface area (TPSA) is 88.5 Å². The number of amides is 1. The van der Waals surface area contributed by atoms with Crippen molar-refractivity contribution in [1.29, 1.82) is 0 Å². The second-order valence-corrected chi connectivity index (χ2v) is 13.4. The minimum absolute atomic E-state index is 0.0507. The van der Waals surface area contributed by atoms with Gasteiger partial charge in [0.15, 0.2) is 11.5 Å². The Labute approximate surface area is 272 Å². The van der Waals surface area contributed by atoms with E-state index < -0.39 is 17.9 Å². The van der Waals surface area contributed by atoms with Crippen molar-refractivity contribution in [3.05, 3.63) is 83.4 Å². The molecule has 5 rings (SSSR count). The Bertz CT molecular complexity index is 1520. The highest BCUT2D eigenvalue weighted by Gasteiger charge is 2.48. The predicted molar refractivity (Wildman–Crippen MR) is 179 cm³/mol. The molecule has 246 valence electrons.